The van der Waals surface area contributed by atoms with Gasteiger partial charge in [-0.1, -0.05) is 38.1 Å². The number of benzene rings is 1. The molecule has 0 amide bonds. The van der Waals surface area contributed by atoms with Crippen molar-refractivity contribution < 1.29 is 4.74 Å². The van der Waals surface area contributed by atoms with Crippen molar-refractivity contribution >= 4 is 0 Å². The lowest BCUT2D eigenvalue weighted by molar-refractivity contribution is 0.277. The van der Waals surface area contributed by atoms with Gasteiger partial charge in [0.1, 0.15) is 5.75 Å². The van der Waals surface area contributed by atoms with Crippen molar-refractivity contribution in [1.82, 2.24) is 5.32 Å². The van der Waals surface area contributed by atoms with Crippen LogP contribution in [0.25, 0.3) is 0 Å². The molecule has 1 aromatic rings. The molecule has 2 nitrogen and oxygen atoms in total. The summed E-state index contributed by atoms with van der Waals surface area (Å²) >= 11 is 0. The Hall–Kier alpha value is -1.28. The van der Waals surface area contributed by atoms with Crippen LogP contribution in [0.1, 0.15) is 31.7 Å². The molecule has 0 spiro atoms. The number of nitrogens with one attached hydrogen (secondary N) is 1. The molecule has 2 rings (SSSR count). The van der Waals surface area contributed by atoms with Gasteiger partial charge in [0.15, 0.2) is 0 Å². The molecule has 0 saturated carbocycles. The van der Waals surface area contributed by atoms with Crippen LogP contribution < -0.4 is 10.1 Å². The average molecular weight is 245 g/mol. The quantitative estimate of drug-likeness (QED) is 0.776. The second kappa shape index (κ2) is 5.57. The van der Waals surface area contributed by atoms with Gasteiger partial charge >= 0.3 is 0 Å². The Morgan fingerprint density at radius 1 is 1.50 bits per heavy atom. The van der Waals surface area contributed by atoms with E-state index in [1.807, 2.05) is 6.07 Å². The molecule has 1 aliphatic heterocycles. The second-order valence-electron chi connectivity index (χ2n) is 5.39. The zero-order valence-corrected chi connectivity index (χ0v) is 11.4. The molecule has 0 aliphatic carbocycles. The molecule has 1 aliphatic rings. The first-order chi connectivity index (χ1) is 8.68. The maximum atomic E-state index is 5.75. The topological polar surface area (TPSA) is 21.3 Å². The molecule has 0 aromatic heterocycles. The zero-order valence-electron chi connectivity index (χ0n) is 11.4. The fourth-order valence-electron chi connectivity index (χ4n) is 2.60. The molecule has 0 saturated heterocycles. The minimum absolute atomic E-state index is 0.126. The summed E-state index contributed by atoms with van der Waals surface area (Å²) in [7, 11) is 0. The van der Waals surface area contributed by atoms with Gasteiger partial charge in [0.25, 0.3) is 0 Å². The van der Waals surface area contributed by atoms with E-state index in [1.54, 1.807) is 0 Å². The number of fused-ring (bicyclic) bond motifs is 1. The van der Waals surface area contributed by atoms with E-state index in [9.17, 15) is 0 Å². The smallest absolute Gasteiger partial charge is 0.122 e. The van der Waals surface area contributed by atoms with Gasteiger partial charge in [-0.15, -0.1) is 6.58 Å². The molecule has 2 atom stereocenters. The Morgan fingerprint density at radius 3 is 3.00 bits per heavy atom. The summed E-state index contributed by atoms with van der Waals surface area (Å²) in [5.41, 5.74) is 1.48. The first kappa shape index (κ1) is 13.2. The van der Waals surface area contributed by atoms with E-state index in [-0.39, 0.29) is 5.41 Å². The van der Waals surface area contributed by atoms with Gasteiger partial charge in [-0.05, 0) is 24.4 Å². The minimum Gasteiger partial charge on any atom is -0.493 e. The van der Waals surface area contributed by atoms with Crippen molar-refractivity contribution in [3.63, 3.8) is 0 Å². The Bertz CT molecular complexity index is 415. The third kappa shape index (κ3) is 2.75. The molecule has 1 aromatic carbocycles. The molecule has 98 valence electrons. The summed E-state index contributed by atoms with van der Waals surface area (Å²) in [6.45, 7) is 11.2. The third-order valence-electron chi connectivity index (χ3n) is 3.78. The highest BCUT2D eigenvalue weighted by Crippen LogP contribution is 2.40. The molecule has 1 heterocycles. The van der Waals surface area contributed by atoms with Gasteiger partial charge in [-0.25, -0.2) is 0 Å². The second-order valence-corrected chi connectivity index (χ2v) is 5.39. The Balaban J connectivity index is 2.07. The normalized spacial score (nSPS) is 20.9. The predicted molar refractivity (Wildman–Crippen MR) is 76.1 cm³/mol. The molecule has 2 heteroatoms. The van der Waals surface area contributed by atoms with E-state index < -0.39 is 0 Å². The van der Waals surface area contributed by atoms with Gasteiger partial charge < -0.3 is 10.1 Å². The van der Waals surface area contributed by atoms with Crippen LogP contribution in [0.3, 0.4) is 0 Å². The van der Waals surface area contributed by atoms with Crippen LogP contribution in [0.5, 0.6) is 5.75 Å². The minimum atomic E-state index is 0.126. The van der Waals surface area contributed by atoms with Crippen LogP contribution >= 0.6 is 0 Å². The SMILES string of the molecule is C=CC(C)(CNCC)CC1COc2ccccc21. The van der Waals surface area contributed by atoms with Crippen molar-refractivity contribution in [3.8, 4) is 5.75 Å². The molecule has 0 radical (unpaired) electrons. The highest BCUT2D eigenvalue weighted by atomic mass is 16.5. The lowest BCUT2D eigenvalue weighted by Gasteiger charge is -2.28. The molecule has 0 fully saturated rings. The standard InChI is InChI=1S/C16H23NO/c1-4-16(3,12-17-5-2)10-13-11-18-15-9-7-6-8-14(13)15/h4,6-9,13,17H,1,5,10-12H2,2-3H3. The molecule has 2 unspecified atom stereocenters. The number of hydrogen-bond acceptors (Lipinski definition) is 2. The van der Waals surface area contributed by atoms with Crippen LogP contribution in [-0.4, -0.2) is 19.7 Å². The van der Waals surface area contributed by atoms with Crippen molar-refractivity contribution in [2.24, 2.45) is 5.41 Å². The van der Waals surface area contributed by atoms with E-state index in [0.717, 1.165) is 31.9 Å². The van der Waals surface area contributed by atoms with Crippen LogP contribution in [0.4, 0.5) is 0 Å². The Kier molecular flexibility index (Phi) is 4.07. The number of rotatable bonds is 6. The molecular weight excluding hydrogens is 222 g/mol. The zero-order chi connectivity index (χ0) is 13.0. The predicted octanol–water partition coefficient (Wildman–Crippen LogP) is 3.35. The molecule has 18 heavy (non-hydrogen) atoms. The van der Waals surface area contributed by atoms with Crippen molar-refractivity contribution in [2.45, 2.75) is 26.2 Å². The highest BCUT2D eigenvalue weighted by Gasteiger charge is 2.31. The number of ether oxygens (including phenoxy) is 1. The third-order valence-corrected chi connectivity index (χ3v) is 3.78. The molecule has 0 bridgehead atoms. The van der Waals surface area contributed by atoms with E-state index >= 15 is 0 Å². The number of hydrogen-bond donors (Lipinski definition) is 1. The summed E-state index contributed by atoms with van der Waals surface area (Å²) in [6.07, 6.45) is 3.16. The van der Waals surface area contributed by atoms with Gasteiger partial charge in [0.2, 0.25) is 0 Å². The van der Waals surface area contributed by atoms with Crippen molar-refractivity contribution in [2.75, 3.05) is 19.7 Å². The summed E-state index contributed by atoms with van der Waals surface area (Å²) in [5.74, 6) is 1.54. The van der Waals surface area contributed by atoms with Gasteiger partial charge in [-0.2, -0.15) is 0 Å². The van der Waals surface area contributed by atoms with Crippen molar-refractivity contribution in [1.29, 1.82) is 0 Å². The maximum absolute atomic E-state index is 5.75. The van der Waals surface area contributed by atoms with Crippen LogP contribution in [-0.2, 0) is 0 Å². The van der Waals surface area contributed by atoms with Crippen LogP contribution in [0, 0.1) is 5.41 Å². The van der Waals surface area contributed by atoms with E-state index in [2.05, 4.69) is 50.0 Å². The van der Waals surface area contributed by atoms with Crippen molar-refractivity contribution in [3.05, 3.63) is 42.5 Å². The van der Waals surface area contributed by atoms with E-state index in [4.69, 9.17) is 4.74 Å². The van der Waals surface area contributed by atoms with E-state index in [0.29, 0.717) is 5.92 Å². The summed E-state index contributed by atoms with van der Waals surface area (Å²) in [5, 5.41) is 3.43. The molecule has 1 N–H and O–H groups in total. The Labute approximate surface area is 110 Å². The Morgan fingerprint density at radius 2 is 2.28 bits per heavy atom. The summed E-state index contributed by atoms with van der Waals surface area (Å²) in [6, 6.07) is 8.37. The fourth-order valence-corrected chi connectivity index (χ4v) is 2.60. The largest absolute Gasteiger partial charge is 0.493 e. The first-order valence-electron chi connectivity index (χ1n) is 6.74. The van der Waals surface area contributed by atoms with Gasteiger partial charge in [0, 0.05) is 18.0 Å². The fraction of sp³-hybridized carbons (Fsp3) is 0.500. The lowest BCUT2D eigenvalue weighted by Crippen LogP contribution is -2.31. The van der Waals surface area contributed by atoms with Gasteiger partial charge in [0.05, 0.1) is 6.61 Å². The van der Waals surface area contributed by atoms with Crippen LogP contribution in [0.15, 0.2) is 36.9 Å². The first-order valence-corrected chi connectivity index (χ1v) is 6.74. The monoisotopic (exact) mass is 245 g/mol. The van der Waals surface area contributed by atoms with Crippen LogP contribution in [0.2, 0.25) is 0 Å². The average Bonchev–Trinajstić information content (AvgIpc) is 2.80. The summed E-state index contributed by atoms with van der Waals surface area (Å²) in [4.78, 5) is 0. The number of para-hydroxylation sites is 1. The van der Waals surface area contributed by atoms with Gasteiger partial charge in [-0.3, -0.25) is 0 Å². The molecular formula is C16H23NO. The lowest BCUT2D eigenvalue weighted by atomic mass is 9.79. The highest BCUT2D eigenvalue weighted by molar-refractivity contribution is 5.39. The maximum Gasteiger partial charge on any atom is 0.122 e. The van der Waals surface area contributed by atoms with E-state index in [1.165, 1.54) is 5.56 Å². The summed E-state index contributed by atoms with van der Waals surface area (Å²) < 4.78 is 5.75.